The molecule has 0 saturated carbocycles. The highest BCUT2D eigenvalue weighted by Gasteiger charge is 2.61. The third kappa shape index (κ3) is 3.48. The molecule has 2 atom stereocenters. The predicted molar refractivity (Wildman–Crippen MR) is 113 cm³/mol. The van der Waals surface area contributed by atoms with E-state index in [2.05, 4.69) is 6.58 Å². The molecule has 1 amide bonds. The second-order valence-electron chi connectivity index (χ2n) is 7.50. The van der Waals surface area contributed by atoms with Crippen LogP contribution in [-0.4, -0.2) is 43.0 Å². The molecule has 0 spiro atoms. The number of carbonyl (C=O) groups is 2. The van der Waals surface area contributed by atoms with Gasteiger partial charge in [0, 0.05) is 19.2 Å². The van der Waals surface area contributed by atoms with Crippen LogP contribution < -0.4 is 0 Å². The third-order valence-electron chi connectivity index (χ3n) is 5.61. The Balaban J connectivity index is 2.16. The molecule has 0 aromatic heterocycles. The van der Waals surface area contributed by atoms with Crippen LogP contribution in [0.2, 0.25) is 0 Å². The van der Waals surface area contributed by atoms with E-state index in [0.29, 0.717) is 5.70 Å². The lowest BCUT2D eigenvalue weighted by molar-refractivity contribution is -0.143. The standard InChI is InChI=1S/C23H25NO5S/c1-16-10-12-20(13-11-16)30(27,28)23(18(3)25)14-21(29-4)17(2)24(22(23)26)15-19-8-6-5-7-9-19/h5-13,21H,2,14-15H2,1,3-4H3/t21-,23+/m0/s1. The fraction of sp³-hybridized carbons (Fsp3) is 0.304. The van der Waals surface area contributed by atoms with Gasteiger partial charge in [-0.1, -0.05) is 54.6 Å². The smallest absolute Gasteiger partial charge is 0.256 e. The van der Waals surface area contributed by atoms with Gasteiger partial charge in [-0.15, -0.1) is 0 Å². The summed E-state index contributed by atoms with van der Waals surface area (Å²) < 4.78 is 30.6. The topological polar surface area (TPSA) is 80.8 Å². The number of likely N-dealkylation sites (tertiary alicyclic amines) is 1. The van der Waals surface area contributed by atoms with Gasteiger partial charge in [0.25, 0.3) is 5.91 Å². The summed E-state index contributed by atoms with van der Waals surface area (Å²) in [5.41, 5.74) is 1.99. The highest BCUT2D eigenvalue weighted by molar-refractivity contribution is 7.94. The number of sulfone groups is 1. The van der Waals surface area contributed by atoms with E-state index in [1.54, 1.807) is 12.1 Å². The van der Waals surface area contributed by atoms with E-state index in [4.69, 9.17) is 4.74 Å². The number of Topliss-reactive ketones (excluding diaryl/α,β-unsaturated/α-hetero) is 1. The molecule has 0 unspecified atom stereocenters. The van der Waals surface area contributed by atoms with Gasteiger partial charge in [0.15, 0.2) is 15.6 Å². The molecular weight excluding hydrogens is 402 g/mol. The Bertz CT molecular complexity index is 1080. The molecule has 1 saturated heterocycles. The maximum absolute atomic E-state index is 13.7. The number of methoxy groups -OCH3 is 1. The van der Waals surface area contributed by atoms with Gasteiger partial charge >= 0.3 is 0 Å². The monoisotopic (exact) mass is 427 g/mol. The number of ketones is 1. The van der Waals surface area contributed by atoms with Crippen molar-refractivity contribution in [2.75, 3.05) is 7.11 Å². The van der Waals surface area contributed by atoms with E-state index in [1.165, 1.54) is 24.1 Å². The molecule has 2 aromatic carbocycles. The zero-order valence-electron chi connectivity index (χ0n) is 17.3. The van der Waals surface area contributed by atoms with Crippen LogP contribution >= 0.6 is 0 Å². The first kappa shape index (κ1) is 21.9. The van der Waals surface area contributed by atoms with Crippen molar-refractivity contribution in [2.45, 2.75) is 42.6 Å². The fourth-order valence-corrected chi connectivity index (χ4v) is 5.76. The molecule has 1 fully saturated rings. The Labute approximate surface area is 177 Å². The van der Waals surface area contributed by atoms with Crippen molar-refractivity contribution in [1.29, 1.82) is 0 Å². The minimum Gasteiger partial charge on any atom is -0.375 e. The van der Waals surface area contributed by atoms with Crippen LogP contribution in [0.3, 0.4) is 0 Å². The number of aryl methyl sites for hydroxylation is 1. The summed E-state index contributed by atoms with van der Waals surface area (Å²) in [6.45, 7) is 7.03. The summed E-state index contributed by atoms with van der Waals surface area (Å²) in [7, 11) is -2.93. The number of hydrogen-bond donors (Lipinski definition) is 0. The van der Waals surface area contributed by atoms with E-state index in [1.807, 2.05) is 37.3 Å². The molecular formula is C23H25NO5S. The third-order valence-corrected chi connectivity index (χ3v) is 8.05. The van der Waals surface area contributed by atoms with Gasteiger partial charge in [-0.3, -0.25) is 9.59 Å². The maximum Gasteiger partial charge on any atom is 0.256 e. The fourth-order valence-electron chi connectivity index (χ4n) is 3.77. The number of carbonyl (C=O) groups excluding carboxylic acids is 2. The quantitative estimate of drug-likeness (QED) is 0.662. The normalized spacial score (nSPS) is 22.2. The van der Waals surface area contributed by atoms with Gasteiger partial charge in [-0.05, 0) is 31.5 Å². The minimum atomic E-state index is -4.34. The number of ether oxygens (including phenoxy) is 1. The van der Waals surface area contributed by atoms with Crippen molar-refractivity contribution in [3.05, 3.63) is 78.0 Å². The van der Waals surface area contributed by atoms with E-state index >= 15 is 0 Å². The molecule has 0 N–H and O–H groups in total. The van der Waals surface area contributed by atoms with Crippen LogP contribution in [0, 0.1) is 6.92 Å². The molecule has 7 heteroatoms. The van der Waals surface area contributed by atoms with Crippen molar-refractivity contribution >= 4 is 21.5 Å². The molecule has 1 heterocycles. The van der Waals surface area contributed by atoms with Crippen molar-refractivity contribution in [1.82, 2.24) is 4.90 Å². The molecule has 0 bridgehead atoms. The molecule has 158 valence electrons. The Morgan fingerprint density at radius 1 is 1.17 bits per heavy atom. The molecule has 2 aromatic rings. The second kappa shape index (κ2) is 8.16. The average molecular weight is 428 g/mol. The number of benzene rings is 2. The Hall–Kier alpha value is -2.77. The highest BCUT2D eigenvalue weighted by atomic mass is 32.2. The Morgan fingerprint density at radius 3 is 2.30 bits per heavy atom. The maximum atomic E-state index is 13.7. The number of nitrogens with zero attached hydrogens (tertiary/aromatic N) is 1. The Morgan fingerprint density at radius 2 is 1.77 bits per heavy atom. The number of amides is 1. The van der Waals surface area contributed by atoms with Crippen LogP contribution in [-0.2, 0) is 30.7 Å². The van der Waals surface area contributed by atoms with E-state index in [0.717, 1.165) is 18.1 Å². The van der Waals surface area contributed by atoms with Gasteiger partial charge in [0.1, 0.15) is 0 Å². The van der Waals surface area contributed by atoms with Gasteiger partial charge < -0.3 is 9.64 Å². The summed E-state index contributed by atoms with van der Waals surface area (Å²) in [6.07, 6.45) is -1.10. The molecule has 6 nitrogen and oxygen atoms in total. The van der Waals surface area contributed by atoms with Gasteiger partial charge in [-0.2, -0.15) is 0 Å². The average Bonchev–Trinajstić information content (AvgIpc) is 2.72. The summed E-state index contributed by atoms with van der Waals surface area (Å²) in [4.78, 5) is 27.7. The van der Waals surface area contributed by atoms with E-state index < -0.39 is 32.4 Å². The van der Waals surface area contributed by atoms with Gasteiger partial charge in [-0.25, -0.2) is 8.42 Å². The van der Waals surface area contributed by atoms with E-state index in [9.17, 15) is 18.0 Å². The molecule has 30 heavy (non-hydrogen) atoms. The van der Waals surface area contributed by atoms with Gasteiger partial charge in [0.2, 0.25) is 4.75 Å². The van der Waals surface area contributed by atoms with Crippen LogP contribution in [0.4, 0.5) is 0 Å². The summed E-state index contributed by atoms with van der Waals surface area (Å²) in [5, 5.41) is 0. The molecule has 0 aliphatic carbocycles. The largest absolute Gasteiger partial charge is 0.375 e. The van der Waals surface area contributed by atoms with Crippen molar-refractivity contribution < 1.29 is 22.7 Å². The lowest BCUT2D eigenvalue weighted by Crippen LogP contribution is -2.63. The van der Waals surface area contributed by atoms with E-state index in [-0.39, 0.29) is 17.9 Å². The first-order valence-corrected chi connectivity index (χ1v) is 11.0. The Kier molecular flexibility index (Phi) is 5.97. The van der Waals surface area contributed by atoms with Crippen LogP contribution in [0.1, 0.15) is 24.5 Å². The summed E-state index contributed by atoms with van der Waals surface area (Å²) in [5.74, 6) is -1.53. The second-order valence-corrected chi connectivity index (χ2v) is 9.67. The molecule has 1 aliphatic rings. The first-order chi connectivity index (χ1) is 14.1. The predicted octanol–water partition coefficient (Wildman–Crippen LogP) is 3.06. The van der Waals surface area contributed by atoms with Gasteiger partial charge in [0.05, 0.1) is 17.5 Å². The van der Waals surface area contributed by atoms with Crippen LogP contribution in [0.5, 0.6) is 0 Å². The lowest BCUT2D eigenvalue weighted by Gasteiger charge is -2.44. The zero-order chi connectivity index (χ0) is 22.1. The van der Waals surface area contributed by atoms with Crippen LogP contribution in [0.15, 0.2) is 71.8 Å². The zero-order valence-corrected chi connectivity index (χ0v) is 18.1. The van der Waals surface area contributed by atoms with Crippen molar-refractivity contribution in [2.24, 2.45) is 0 Å². The number of rotatable bonds is 6. The highest BCUT2D eigenvalue weighted by Crippen LogP contribution is 2.41. The number of hydrogen-bond acceptors (Lipinski definition) is 5. The SMILES string of the molecule is C=C1[C@@H](OC)C[C@](C(C)=O)(S(=O)(=O)c2ccc(C)cc2)C(=O)N1Cc1ccccc1. The van der Waals surface area contributed by atoms with Crippen molar-refractivity contribution in [3.63, 3.8) is 0 Å². The molecule has 1 aliphatic heterocycles. The number of piperidine rings is 1. The van der Waals surface area contributed by atoms with Crippen molar-refractivity contribution in [3.8, 4) is 0 Å². The van der Waals surface area contributed by atoms with Crippen LogP contribution in [0.25, 0.3) is 0 Å². The summed E-state index contributed by atoms with van der Waals surface area (Å²) >= 11 is 0. The first-order valence-electron chi connectivity index (χ1n) is 9.55. The minimum absolute atomic E-state index is 0.0707. The molecule has 3 rings (SSSR count). The molecule has 0 radical (unpaired) electrons. The lowest BCUT2D eigenvalue weighted by atomic mass is 9.88. The summed E-state index contributed by atoms with van der Waals surface area (Å²) in [6, 6.07) is 15.3.